The summed E-state index contributed by atoms with van der Waals surface area (Å²) >= 11 is 0. The van der Waals surface area contributed by atoms with Crippen molar-refractivity contribution in [3.63, 3.8) is 0 Å². The second-order valence-electron chi connectivity index (χ2n) is 3.24. The predicted molar refractivity (Wildman–Crippen MR) is 45.5 cm³/mol. The van der Waals surface area contributed by atoms with E-state index in [-0.39, 0.29) is 5.92 Å². The minimum absolute atomic E-state index is 0.0992. The molecular weight excluding hydrogens is 177 g/mol. The minimum atomic E-state index is -4.24. The Kier molecular flexibility index (Phi) is 2.64. The van der Waals surface area contributed by atoms with Crippen LogP contribution in [0.25, 0.3) is 0 Å². The molecule has 0 aliphatic heterocycles. The Morgan fingerprint density at radius 1 is 1.08 bits per heavy atom. The molecule has 0 unspecified atom stereocenters. The molecule has 0 aliphatic carbocycles. The van der Waals surface area contributed by atoms with Gasteiger partial charge in [-0.05, 0) is 17.5 Å². The van der Waals surface area contributed by atoms with E-state index in [1.165, 1.54) is 12.1 Å². The Labute approximate surface area is 75.4 Å². The quantitative estimate of drug-likeness (QED) is 0.628. The summed E-state index contributed by atoms with van der Waals surface area (Å²) in [6, 6.07) is 5.68. The van der Waals surface area contributed by atoms with E-state index in [1.54, 1.807) is 19.9 Å². The molecule has 0 heterocycles. The van der Waals surface area contributed by atoms with Crippen molar-refractivity contribution in [1.29, 1.82) is 0 Å². The first-order valence-electron chi connectivity index (χ1n) is 4.09. The van der Waals surface area contributed by atoms with Gasteiger partial charge in [0, 0.05) is 0 Å². The molecule has 0 bridgehead atoms. The fourth-order valence-corrected chi connectivity index (χ4v) is 1.26. The summed E-state index contributed by atoms with van der Waals surface area (Å²) in [7, 11) is 0. The highest BCUT2D eigenvalue weighted by molar-refractivity contribution is 5.31. The van der Waals surface area contributed by atoms with Gasteiger partial charge in [0.2, 0.25) is 0 Å². The van der Waals surface area contributed by atoms with Crippen molar-refractivity contribution in [3.8, 4) is 0 Å². The third-order valence-electron chi connectivity index (χ3n) is 1.89. The fraction of sp³-hybridized carbons (Fsp3) is 0.400. The molecule has 0 aromatic heterocycles. The lowest BCUT2D eigenvalue weighted by Crippen LogP contribution is -2.09. The third-order valence-corrected chi connectivity index (χ3v) is 1.89. The summed E-state index contributed by atoms with van der Waals surface area (Å²) < 4.78 is 37.2. The SMILES string of the molecule is CC(C)c1ccccc1C(F)(F)F. The van der Waals surface area contributed by atoms with E-state index in [4.69, 9.17) is 0 Å². The first-order chi connectivity index (χ1) is 5.93. The van der Waals surface area contributed by atoms with E-state index in [1.807, 2.05) is 0 Å². The van der Waals surface area contributed by atoms with Crippen molar-refractivity contribution >= 4 is 0 Å². The molecule has 72 valence electrons. The van der Waals surface area contributed by atoms with E-state index in [0.717, 1.165) is 6.07 Å². The van der Waals surface area contributed by atoms with Gasteiger partial charge in [-0.25, -0.2) is 0 Å². The summed E-state index contributed by atoms with van der Waals surface area (Å²) in [5.74, 6) is -0.0992. The molecule has 0 saturated carbocycles. The number of halogens is 3. The number of alkyl halides is 3. The Hall–Kier alpha value is -0.990. The number of benzene rings is 1. The number of rotatable bonds is 1. The second kappa shape index (κ2) is 3.40. The normalized spacial score (nSPS) is 12.2. The highest BCUT2D eigenvalue weighted by Gasteiger charge is 2.33. The Morgan fingerprint density at radius 3 is 2.00 bits per heavy atom. The summed E-state index contributed by atoms with van der Waals surface area (Å²) in [5, 5.41) is 0. The predicted octanol–water partition coefficient (Wildman–Crippen LogP) is 3.83. The molecule has 1 aromatic rings. The highest BCUT2D eigenvalue weighted by Crippen LogP contribution is 2.34. The summed E-state index contributed by atoms with van der Waals surface area (Å²) in [6.07, 6.45) is -4.24. The maximum absolute atomic E-state index is 12.4. The lowest BCUT2D eigenvalue weighted by molar-refractivity contribution is -0.138. The van der Waals surface area contributed by atoms with Gasteiger partial charge in [-0.15, -0.1) is 0 Å². The molecule has 0 radical (unpaired) electrons. The van der Waals surface area contributed by atoms with Gasteiger partial charge >= 0.3 is 6.18 Å². The molecule has 3 heteroatoms. The average Bonchev–Trinajstić information content (AvgIpc) is 2.03. The van der Waals surface area contributed by atoms with E-state index in [9.17, 15) is 13.2 Å². The third kappa shape index (κ3) is 2.23. The zero-order chi connectivity index (χ0) is 10.1. The molecule has 0 amide bonds. The first-order valence-corrected chi connectivity index (χ1v) is 4.09. The van der Waals surface area contributed by atoms with Crippen molar-refractivity contribution in [2.75, 3.05) is 0 Å². The lowest BCUT2D eigenvalue weighted by atomic mass is 9.97. The van der Waals surface area contributed by atoms with Gasteiger partial charge in [-0.1, -0.05) is 32.0 Å². The molecule has 0 spiro atoms. The number of hydrogen-bond donors (Lipinski definition) is 0. The van der Waals surface area contributed by atoms with Crippen LogP contribution in [-0.2, 0) is 6.18 Å². The van der Waals surface area contributed by atoms with Crippen LogP contribution in [-0.4, -0.2) is 0 Å². The Morgan fingerprint density at radius 2 is 1.62 bits per heavy atom. The summed E-state index contributed by atoms with van der Waals surface area (Å²) in [6.45, 7) is 3.51. The van der Waals surface area contributed by atoms with Crippen LogP contribution in [0.1, 0.15) is 30.9 Å². The Bertz CT molecular complexity index is 286. The van der Waals surface area contributed by atoms with Crippen molar-refractivity contribution in [2.45, 2.75) is 25.9 Å². The molecule has 0 fully saturated rings. The molecule has 1 aromatic carbocycles. The molecule has 0 aliphatic rings. The molecule has 0 N–H and O–H groups in total. The lowest BCUT2D eigenvalue weighted by Gasteiger charge is -2.14. The zero-order valence-electron chi connectivity index (χ0n) is 7.52. The topological polar surface area (TPSA) is 0 Å². The van der Waals surface area contributed by atoms with Gasteiger partial charge in [0.15, 0.2) is 0 Å². The van der Waals surface area contributed by atoms with E-state index in [2.05, 4.69) is 0 Å². The molecule has 13 heavy (non-hydrogen) atoms. The van der Waals surface area contributed by atoms with E-state index >= 15 is 0 Å². The molecule has 0 nitrogen and oxygen atoms in total. The van der Waals surface area contributed by atoms with Gasteiger partial charge < -0.3 is 0 Å². The van der Waals surface area contributed by atoms with Crippen LogP contribution in [0.5, 0.6) is 0 Å². The van der Waals surface area contributed by atoms with Gasteiger partial charge in [-0.2, -0.15) is 13.2 Å². The highest BCUT2D eigenvalue weighted by atomic mass is 19.4. The monoisotopic (exact) mass is 188 g/mol. The van der Waals surface area contributed by atoms with E-state index in [0.29, 0.717) is 5.56 Å². The first kappa shape index (κ1) is 10.1. The summed E-state index contributed by atoms with van der Waals surface area (Å²) in [5.41, 5.74) is -0.167. The zero-order valence-corrected chi connectivity index (χ0v) is 7.52. The van der Waals surface area contributed by atoms with Gasteiger partial charge in [-0.3, -0.25) is 0 Å². The minimum Gasteiger partial charge on any atom is -0.166 e. The van der Waals surface area contributed by atoms with Crippen LogP contribution in [0.2, 0.25) is 0 Å². The van der Waals surface area contributed by atoms with E-state index < -0.39 is 11.7 Å². The van der Waals surface area contributed by atoms with Crippen molar-refractivity contribution in [3.05, 3.63) is 35.4 Å². The van der Waals surface area contributed by atoms with Crippen molar-refractivity contribution < 1.29 is 13.2 Å². The molecular formula is C10H11F3. The van der Waals surface area contributed by atoms with Crippen molar-refractivity contribution in [1.82, 2.24) is 0 Å². The second-order valence-corrected chi connectivity index (χ2v) is 3.24. The van der Waals surface area contributed by atoms with Gasteiger partial charge in [0.1, 0.15) is 0 Å². The fourth-order valence-electron chi connectivity index (χ4n) is 1.26. The average molecular weight is 188 g/mol. The number of hydrogen-bond acceptors (Lipinski definition) is 0. The van der Waals surface area contributed by atoms with Gasteiger partial charge in [0.05, 0.1) is 5.56 Å². The Balaban J connectivity index is 3.20. The maximum atomic E-state index is 12.4. The molecule has 0 atom stereocenters. The molecule has 0 saturated heterocycles. The maximum Gasteiger partial charge on any atom is 0.416 e. The summed E-state index contributed by atoms with van der Waals surface area (Å²) in [4.78, 5) is 0. The van der Waals surface area contributed by atoms with Crippen LogP contribution in [0, 0.1) is 0 Å². The van der Waals surface area contributed by atoms with Crippen LogP contribution < -0.4 is 0 Å². The van der Waals surface area contributed by atoms with Crippen molar-refractivity contribution in [2.24, 2.45) is 0 Å². The van der Waals surface area contributed by atoms with Crippen LogP contribution >= 0.6 is 0 Å². The van der Waals surface area contributed by atoms with Crippen LogP contribution in [0.3, 0.4) is 0 Å². The largest absolute Gasteiger partial charge is 0.416 e. The van der Waals surface area contributed by atoms with Gasteiger partial charge in [0.25, 0.3) is 0 Å². The standard InChI is InChI=1S/C10H11F3/c1-7(2)8-5-3-4-6-9(8)10(11,12)13/h3-7H,1-2H3. The van der Waals surface area contributed by atoms with Crippen LogP contribution in [0.15, 0.2) is 24.3 Å². The molecule has 1 rings (SSSR count). The van der Waals surface area contributed by atoms with Crippen LogP contribution in [0.4, 0.5) is 13.2 Å². The smallest absolute Gasteiger partial charge is 0.166 e.